The van der Waals surface area contributed by atoms with E-state index < -0.39 is 6.08 Å². The van der Waals surface area contributed by atoms with Crippen LogP contribution in [0, 0.1) is 6.92 Å². The summed E-state index contributed by atoms with van der Waals surface area (Å²) >= 11 is 0. The van der Waals surface area contributed by atoms with Gasteiger partial charge in [0.05, 0.1) is 11.4 Å². The fourth-order valence-corrected chi connectivity index (χ4v) is 5.74. The molecule has 0 spiro atoms. The molecule has 1 aliphatic heterocycles. The number of aryl methyl sites for hydroxylation is 2. The molecule has 0 radical (unpaired) electrons. The lowest BCUT2D eigenvalue weighted by Gasteiger charge is -2.17. The number of unbranched alkanes of at least 4 members (excludes halogenated alkanes) is 1. The molecule has 0 atom stereocenters. The second kappa shape index (κ2) is 10.9. The van der Waals surface area contributed by atoms with Crippen molar-refractivity contribution < 1.29 is 14.4 Å². The Balaban J connectivity index is 1.36. The third kappa shape index (κ3) is 5.32. The van der Waals surface area contributed by atoms with Crippen LogP contribution in [-0.4, -0.2) is 25.3 Å². The van der Waals surface area contributed by atoms with Crippen LogP contribution < -0.4 is 15.4 Å². The van der Waals surface area contributed by atoms with Gasteiger partial charge >= 0.3 is 0 Å². The van der Waals surface area contributed by atoms with Gasteiger partial charge < -0.3 is 14.4 Å². The van der Waals surface area contributed by atoms with Crippen LogP contribution in [-0.2, 0) is 19.3 Å². The van der Waals surface area contributed by atoms with Crippen molar-refractivity contribution in [1.29, 1.82) is 0 Å². The summed E-state index contributed by atoms with van der Waals surface area (Å²) < 4.78 is 12.5. The predicted molar refractivity (Wildman–Crippen MR) is 159 cm³/mol. The molecule has 214 valence electrons. The fourth-order valence-electron chi connectivity index (χ4n) is 5.74. The molecular formula is C34H33N4O4-. The third-order valence-electron chi connectivity index (χ3n) is 7.72. The monoisotopic (exact) mass is 561 g/mol. The van der Waals surface area contributed by atoms with Crippen molar-refractivity contribution in [3.8, 4) is 40.0 Å². The summed E-state index contributed by atoms with van der Waals surface area (Å²) in [6.45, 7) is 8.19. The zero-order chi connectivity index (χ0) is 29.4. The SMILES string of the molecule is CCCCc1nc(C)n(-c2ccc3c(c2)CC(C)(C)O3)c(=O)c1Cc1ccc(-c2ccccc2-c2noc([O-])n2)cc1. The number of rotatable bonds is 8. The maximum atomic E-state index is 14.1. The lowest BCUT2D eigenvalue weighted by molar-refractivity contribution is -0.303. The smallest absolute Gasteiger partial charge is 0.261 e. The van der Waals surface area contributed by atoms with Gasteiger partial charge in [-0.05, 0) is 68.5 Å². The highest BCUT2D eigenvalue weighted by atomic mass is 16.6. The maximum Gasteiger partial charge on any atom is 0.261 e. The second-order valence-corrected chi connectivity index (χ2v) is 11.5. The summed E-state index contributed by atoms with van der Waals surface area (Å²) in [5.74, 6) is 1.81. The molecule has 3 aromatic carbocycles. The van der Waals surface area contributed by atoms with Crippen LogP contribution in [0.4, 0.5) is 0 Å². The van der Waals surface area contributed by atoms with E-state index in [1.807, 2.05) is 67.6 Å². The molecule has 42 heavy (non-hydrogen) atoms. The van der Waals surface area contributed by atoms with Gasteiger partial charge in [-0.25, -0.2) is 9.97 Å². The molecule has 8 heteroatoms. The van der Waals surface area contributed by atoms with Gasteiger partial charge in [-0.1, -0.05) is 61.9 Å². The Hall–Kier alpha value is -4.72. The Morgan fingerprint density at radius 1 is 1.00 bits per heavy atom. The van der Waals surface area contributed by atoms with Gasteiger partial charge in [-0.3, -0.25) is 9.36 Å². The van der Waals surface area contributed by atoms with E-state index in [-0.39, 0.29) is 17.0 Å². The Morgan fingerprint density at radius 3 is 2.48 bits per heavy atom. The highest BCUT2D eigenvalue weighted by Gasteiger charge is 2.30. The molecule has 0 bridgehead atoms. The molecule has 2 aromatic heterocycles. The molecule has 6 rings (SSSR count). The first-order valence-electron chi connectivity index (χ1n) is 14.4. The minimum atomic E-state index is -0.719. The lowest BCUT2D eigenvalue weighted by atomic mass is 9.96. The summed E-state index contributed by atoms with van der Waals surface area (Å²) in [4.78, 5) is 23.0. The van der Waals surface area contributed by atoms with Gasteiger partial charge in [0.25, 0.3) is 5.56 Å². The number of hydrogen-bond acceptors (Lipinski definition) is 7. The van der Waals surface area contributed by atoms with Crippen LogP contribution in [0.5, 0.6) is 11.8 Å². The quantitative estimate of drug-likeness (QED) is 0.229. The van der Waals surface area contributed by atoms with Gasteiger partial charge in [-0.15, -0.1) is 0 Å². The molecular weight excluding hydrogens is 528 g/mol. The van der Waals surface area contributed by atoms with E-state index in [2.05, 4.69) is 41.5 Å². The van der Waals surface area contributed by atoms with Crippen molar-refractivity contribution in [2.24, 2.45) is 0 Å². The zero-order valence-corrected chi connectivity index (χ0v) is 24.3. The first-order chi connectivity index (χ1) is 20.2. The molecule has 3 heterocycles. The van der Waals surface area contributed by atoms with Crippen LogP contribution >= 0.6 is 0 Å². The number of hydrogen-bond donors (Lipinski definition) is 0. The minimum absolute atomic E-state index is 0.0355. The molecule has 8 nitrogen and oxygen atoms in total. The predicted octanol–water partition coefficient (Wildman–Crippen LogP) is 5.98. The standard InChI is InChI=1S/C34H34N4O4/c1-5-6-11-29-28(32(39)38(21(2)35-29)25-16-17-30-24(19-25)20-34(3,4)41-30)18-22-12-14-23(15-13-22)26-9-7-8-10-27(26)31-36-33(40)42-37-31/h7-10,12-17,19H,5-6,11,18,20H2,1-4H3,(H,36,37,40)/p-1. The summed E-state index contributed by atoms with van der Waals surface area (Å²) in [5, 5.41) is 15.3. The summed E-state index contributed by atoms with van der Waals surface area (Å²) in [5.41, 5.74) is 6.75. The molecule has 0 aliphatic carbocycles. The van der Waals surface area contributed by atoms with Gasteiger partial charge in [-0.2, -0.15) is 5.16 Å². The van der Waals surface area contributed by atoms with E-state index in [0.717, 1.165) is 65.1 Å². The number of nitrogens with zero attached hydrogens (tertiary/aromatic N) is 4. The highest BCUT2D eigenvalue weighted by Crippen LogP contribution is 2.36. The molecule has 5 aromatic rings. The number of aromatic nitrogens is 4. The second-order valence-electron chi connectivity index (χ2n) is 11.5. The molecule has 0 saturated carbocycles. The molecule has 0 fully saturated rings. The Morgan fingerprint density at radius 2 is 1.76 bits per heavy atom. The van der Waals surface area contributed by atoms with Crippen LogP contribution in [0.2, 0.25) is 0 Å². The van der Waals surface area contributed by atoms with E-state index in [0.29, 0.717) is 23.4 Å². The summed E-state index contributed by atoms with van der Waals surface area (Å²) in [6, 6.07) is 21.7. The van der Waals surface area contributed by atoms with Gasteiger partial charge in [0, 0.05) is 29.5 Å². The van der Waals surface area contributed by atoms with Crippen LogP contribution in [0.3, 0.4) is 0 Å². The van der Waals surface area contributed by atoms with Crippen LogP contribution in [0.15, 0.2) is 76.0 Å². The summed E-state index contributed by atoms with van der Waals surface area (Å²) in [7, 11) is 0. The summed E-state index contributed by atoms with van der Waals surface area (Å²) in [6.07, 6.45) is 3.28. The third-order valence-corrected chi connectivity index (χ3v) is 7.72. The topological polar surface area (TPSA) is 106 Å². The van der Waals surface area contributed by atoms with Crippen molar-refractivity contribution in [2.75, 3.05) is 0 Å². The number of ether oxygens (including phenoxy) is 1. The largest absolute Gasteiger partial charge is 0.528 e. The Labute approximate surface area is 244 Å². The van der Waals surface area contributed by atoms with Gasteiger partial charge in [0.1, 0.15) is 17.2 Å². The van der Waals surface area contributed by atoms with Crippen LogP contribution in [0.25, 0.3) is 28.2 Å². The van der Waals surface area contributed by atoms with Gasteiger partial charge in [0.2, 0.25) is 0 Å². The maximum absolute atomic E-state index is 14.1. The normalized spacial score (nSPS) is 13.6. The van der Waals surface area contributed by atoms with E-state index >= 15 is 0 Å². The van der Waals surface area contributed by atoms with Crippen molar-refractivity contribution in [2.45, 2.75) is 65.4 Å². The van der Waals surface area contributed by atoms with E-state index in [1.54, 1.807) is 4.57 Å². The first kappa shape index (κ1) is 27.4. The zero-order valence-electron chi connectivity index (χ0n) is 24.3. The first-order valence-corrected chi connectivity index (χ1v) is 14.4. The van der Waals surface area contributed by atoms with E-state index in [9.17, 15) is 9.90 Å². The molecule has 1 aliphatic rings. The fraction of sp³-hybridized carbons (Fsp3) is 0.294. The molecule has 0 amide bonds. The van der Waals surface area contributed by atoms with Crippen LogP contribution in [0.1, 0.15) is 61.8 Å². The number of benzene rings is 3. The van der Waals surface area contributed by atoms with Crippen molar-refractivity contribution in [3.05, 3.63) is 105 Å². The molecule has 0 N–H and O–H groups in total. The lowest BCUT2D eigenvalue weighted by Crippen LogP contribution is -2.28. The minimum Gasteiger partial charge on any atom is -0.528 e. The molecule has 0 saturated heterocycles. The van der Waals surface area contributed by atoms with E-state index in [1.165, 1.54) is 0 Å². The van der Waals surface area contributed by atoms with Crippen molar-refractivity contribution in [1.82, 2.24) is 19.7 Å². The average Bonchev–Trinajstić information content (AvgIpc) is 3.54. The number of fused-ring (bicyclic) bond motifs is 1. The Bertz CT molecular complexity index is 1820. The Kier molecular flexibility index (Phi) is 7.14. The van der Waals surface area contributed by atoms with Gasteiger partial charge in [0.15, 0.2) is 11.9 Å². The van der Waals surface area contributed by atoms with E-state index in [4.69, 9.17) is 9.72 Å². The average molecular weight is 562 g/mol. The van der Waals surface area contributed by atoms with Crippen molar-refractivity contribution in [3.63, 3.8) is 0 Å². The highest BCUT2D eigenvalue weighted by molar-refractivity contribution is 5.80. The molecule has 0 unspecified atom stereocenters. The van der Waals surface area contributed by atoms with Crippen molar-refractivity contribution >= 4 is 0 Å².